The lowest BCUT2D eigenvalue weighted by Gasteiger charge is -2.06. The van der Waals surface area contributed by atoms with Gasteiger partial charge in [-0.05, 0) is 23.8 Å². The van der Waals surface area contributed by atoms with Gasteiger partial charge in [-0.2, -0.15) is 5.10 Å². The zero-order chi connectivity index (χ0) is 17.8. The Labute approximate surface area is 145 Å². The largest absolute Gasteiger partial charge is 0.497 e. The molecule has 7 heteroatoms. The van der Waals surface area contributed by atoms with E-state index in [1.807, 2.05) is 35.0 Å². The molecule has 7 nitrogen and oxygen atoms in total. The number of carboxylic acids is 1. The summed E-state index contributed by atoms with van der Waals surface area (Å²) in [5.41, 5.74) is 2.75. The Morgan fingerprint density at radius 1 is 1.28 bits per heavy atom. The van der Waals surface area contributed by atoms with Crippen LogP contribution in [0.25, 0.3) is 10.9 Å². The molecular formula is C18H20N4O3. The molecule has 0 amide bonds. The second-order valence-electron chi connectivity index (χ2n) is 5.65. The smallest absolute Gasteiger partial charge is 0.303 e. The number of pyridine rings is 1. The zero-order valence-electron chi connectivity index (χ0n) is 14.2. The number of hydrogen-bond acceptors (Lipinski definition) is 5. The Bertz CT molecular complexity index is 887. The molecule has 0 aliphatic heterocycles. The van der Waals surface area contributed by atoms with E-state index in [0.717, 1.165) is 27.9 Å². The maximum absolute atomic E-state index is 10.9. The van der Waals surface area contributed by atoms with Crippen molar-refractivity contribution in [3.05, 3.63) is 47.8 Å². The first-order valence-corrected chi connectivity index (χ1v) is 7.99. The molecule has 2 heterocycles. The highest BCUT2D eigenvalue weighted by atomic mass is 16.5. The summed E-state index contributed by atoms with van der Waals surface area (Å²) in [7, 11) is 3.43. The van der Waals surface area contributed by atoms with Crippen molar-refractivity contribution in [2.75, 3.05) is 19.5 Å². The molecule has 3 aromatic rings. The lowest BCUT2D eigenvalue weighted by Crippen LogP contribution is -2.03. The topological polar surface area (TPSA) is 89.3 Å². The minimum atomic E-state index is -0.840. The van der Waals surface area contributed by atoms with Crippen molar-refractivity contribution >= 4 is 22.7 Å². The van der Waals surface area contributed by atoms with Gasteiger partial charge in [-0.1, -0.05) is 12.1 Å². The maximum atomic E-state index is 10.9. The van der Waals surface area contributed by atoms with Crippen LogP contribution in [0.3, 0.4) is 0 Å². The Balaban J connectivity index is 2.00. The van der Waals surface area contributed by atoms with Gasteiger partial charge in [0.05, 0.1) is 36.7 Å². The molecule has 0 aliphatic carbocycles. The number of nitrogens with zero attached hydrogens (tertiary/aromatic N) is 3. The molecule has 25 heavy (non-hydrogen) atoms. The molecule has 130 valence electrons. The fourth-order valence-electron chi connectivity index (χ4n) is 2.82. The summed E-state index contributed by atoms with van der Waals surface area (Å²) >= 11 is 0. The highest BCUT2D eigenvalue weighted by Crippen LogP contribution is 2.26. The van der Waals surface area contributed by atoms with Crippen molar-refractivity contribution < 1.29 is 14.6 Å². The summed E-state index contributed by atoms with van der Waals surface area (Å²) < 4.78 is 7.07. The SMILES string of the molecule is CNc1nccc2c1c(CCC(=O)O)nn2Cc1ccc(OC)cc1. The number of benzene rings is 1. The molecule has 1 aromatic carbocycles. The molecule has 0 radical (unpaired) electrons. The molecular weight excluding hydrogens is 320 g/mol. The second-order valence-corrected chi connectivity index (χ2v) is 5.65. The van der Waals surface area contributed by atoms with Crippen molar-refractivity contribution in [1.82, 2.24) is 14.8 Å². The number of carbonyl (C=O) groups is 1. The van der Waals surface area contributed by atoms with Crippen LogP contribution in [0.2, 0.25) is 0 Å². The second kappa shape index (κ2) is 7.21. The summed E-state index contributed by atoms with van der Waals surface area (Å²) in [5, 5.41) is 17.6. The number of aliphatic carboxylic acids is 1. The number of rotatable bonds is 7. The number of carboxylic acid groups (broad SMARTS) is 1. The molecule has 2 N–H and O–H groups in total. The fourth-order valence-corrected chi connectivity index (χ4v) is 2.82. The third kappa shape index (κ3) is 3.55. The highest BCUT2D eigenvalue weighted by Gasteiger charge is 2.16. The van der Waals surface area contributed by atoms with E-state index >= 15 is 0 Å². The van der Waals surface area contributed by atoms with Gasteiger partial charge >= 0.3 is 5.97 Å². The first kappa shape index (κ1) is 16.8. The zero-order valence-corrected chi connectivity index (χ0v) is 14.2. The molecule has 0 unspecified atom stereocenters. The van der Waals surface area contributed by atoms with Crippen LogP contribution in [-0.4, -0.2) is 40.0 Å². The Morgan fingerprint density at radius 2 is 2.04 bits per heavy atom. The summed E-state index contributed by atoms with van der Waals surface area (Å²) in [6, 6.07) is 9.70. The van der Waals surface area contributed by atoms with Crippen LogP contribution in [0.4, 0.5) is 5.82 Å². The monoisotopic (exact) mass is 340 g/mol. The first-order chi connectivity index (χ1) is 12.1. The van der Waals surface area contributed by atoms with Crippen molar-refractivity contribution in [2.24, 2.45) is 0 Å². The third-order valence-corrected chi connectivity index (χ3v) is 4.04. The summed E-state index contributed by atoms with van der Waals surface area (Å²) in [5.74, 6) is 0.671. The van der Waals surface area contributed by atoms with Crippen molar-refractivity contribution in [3.8, 4) is 5.75 Å². The Kier molecular flexibility index (Phi) is 4.83. The van der Waals surface area contributed by atoms with Gasteiger partial charge in [0.1, 0.15) is 11.6 Å². The van der Waals surface area contributed by atoms with E-state index < -0.39 is 5.97 Å². The molecule has 0 fully saturated rings. The van der Waals surface area contributed by atoms with Crippen LogP contribution >= 0.6 is 0 Å². The van der Waals surface area contributed by atoms with Crippen molar-refractivity contribution in [1.29, 1.82) is 0 Å². The van der Waals surface area contributed by atoms with Crippen LogP contribution < -0.4 is 10.1 Å². The number of anilines is 1. The average Bonchev–Trinajstić information content (AvgIpc) is 2.98. The quantitative estimate of drug-likeness (QED) is 0.687. The first-order valence-electron chi connectivity index (χ1n) is 7.99. The van der Waals surface area contributed by atoms with E-state index in [9.17, 15) is 4.79 Å². The van der Waals surface area contributed by atoms with E-state index in [-0.39, 0.29) is 6.42 Å². The summed E-state index contributed by atoms with van der Waals surface area (Å²) in [6.45, 7) is 0.584. The Morgan fingerprint density at radius 3 is 2.68 bits per heavy atom. The Hall–Kier alpha value is -3.09. The lowest BCUT2D eigenvalue weighted by molar-refractivity contribution is -0.136. The van der Waals surface area contributed by atoms with Crippen molar-refractivity contribution in [3.63, 3.8) is 0 Å². The van der Waals surface area contributed by atoms with Gasteiger partial charge in [-0.15, -0.1) is 0 Å². The van der Waals surface area contributed by atoms with Gasteiger partial charge < -0.3 is 15.2 Å². The number of fused-ring (bicyclic) bond motifs is 1. The molecule has 0 saturated carbocycles. The molecule has 3 rings (SSSR count). The minimum Gasteiger partial charge on any atom is -0.497 e. The van der Waals surface area contributed by atoms with Gasteiger partial charge in [0.25, 0.3) is 0 Å². The normalized spacial score (nSPS) is 10.8. The number of methoxy groups -OCH3 is 1. The van der Waals surface area contributed by atoms with Gasteiger partial charge in [0, 0.05) is 19.7 Å². The number of hydrogen-bond donors (Lipinski definition) is 2. The summed E-state index contributed by atoms with van der Waals surface area (Å²) in [4.78, 5) is 15.3. The maximum Gasteiger partial charge on any atom is 0.303 e. The van der Waals surface area contributed by atoms with Crippen LogP contribution in [0, 0.1) is 0 Å². The van der Waals surface area contributed by atoms with E-state index in [1.165, 1.54) is 0 Å². The predicted molar refractivity (Wildman–Crippen MR) is 95.1 cm³/mol. The van der Waals surface area contributed by atoms with Crippen LogP contribution in [-0.2, 0) is 17.8 Å². The number of ether oxygens (including phenoxy) is 1. The molecule has 0 aliphatic rings. The lowest BCUT2D eigenvalue weighted by atomic mass is 10.1. The van der Waals surface area contributed by atoms with Crippen molar-refractivity contribution in [2.45, 2.75) is 19.4 Å². The number of nitrogens with one attached hydrogen (secondary N) is 1. The average molecular weight is 340 g/mol. The molecule has 2 aromatic heterocycles. The standard InChI is InChI=1S/C18H20N4O3/c1-19-18-17-14(7-8-16(23)24)21-22(15(17)9-10-20-18)11-12-3-5-13(25-2)6-4-12/h3-6,9-10H,7-8,11H2,1-2H3,(H,19,20)(H,23,24). The van der Waals surface area contributed by atoms with E-state index in [1.54, 1.807) is 20.4 Å². The molecule has 0 atom stereocenters. The van der Waals surface area contributed by atoms with Gasteiger partial charge in [0.15, 0.2) is 0 Å². The predicted octanol–water partition coefficient (Wildman–Crippen LogP) is 2.55. The number of aryl methyl sites for hydroxylation is 1. The van der Waals surface area contributed by atoms with Crippen LogP contribution in [0.5, 0.6) is 5.75 Å². The summed E-state index contributed by atoms with van der Waals surface area (Å²) in [6.07, 6.45) is 2.12. The van der Waals surface area contributed by atoms with E-state index in [4.69, 9.17) is 9.84 Å². The highest BCUT2D eigenvalue weighted by molar-refractivity contribution is 5.92. The van der Waals surface area contributed by atoms with Crippen LogP contribution in [0.15, 0.2) is 36.5 Å². The van der Waals surface area contributed by atoms with Gasteiger partial charge in [-0.3, -0.25) is 9.48 Å². The molecule has 0 spiro atoms. The molecule has 0 bridgehead atoms. The number of aromatic nitrogens is 3. The van der Waals surface area contributed by atoms with Gasteiger partial charge in [0.2, 0.25) is 0 Å². The van der Waals surface area contributed by atoms with Crippen LogP contribution in [0.1, 0.15) is 17.7 Å². The molecule has 0 saturated heterocycles. The van der Waals surface area contributed by atoms with E-state index in [0.29, 0.717) is 18.8 Å². The van der Waals surface area contributed by atoms with E-state index in [2.05, 4.69) is 15.4 Å². The fraction of sp³-hybridized carbons (Fsp3) is 0.278. The third-order valence-electron chi connectivity index (χ3n) is 4.04. The minimum absolute atomic E-state index is 0.0344. The van der Waals surface area contributed by atoms with Gasteiger partial charge in [-0.25, -0.2) is 4.98 Å².